The molecule has 1 fully saturated rings. The quantitative estimate of drug-likeness (QED) is 0.288. The van der Waals surface area contributed by atoms with Gasteiger partial charge < -0.3 is 15.0 Å². The summed E-state index contributed by atoms with van der Waals surface area (Å²) in [7, 11) is 0. The molecule has 1 aliphatic rings. The highest BCUT2D eigenvalue weighted by Gasteiger charge is 2.41. The zero-order chi connectivity index (χ0) is 26.5. The molecule has 5 nitrogen and oxygen atoms in total. The summed E-state index contributed by atoms with van der Waals surface area (Å²) >= 11 is 1.68. The molecular formula is C31H31FN2O3S. The fourth-order valence-electron chi connectivity index (χ4n) is 5.13. The minimum atomic E-state index is -0.797. The number of thiophene rings is 1. The molecule has 7 heteroatoms. The van der Waals surface area contributed by atoms with Crippen LogP contribution in [0.15, 0.2) is 78.9 Å². The number of likely N-dealkylation sites (tertiary alicyclic amines) is 1. The molecule has 1 aliphatic heterocycles. The lowest BCUT2D eigenvalue weighted by Gasteiger charge is -2.41. The summed E-state index contributed by atoms with van der Waals surface area (Å²) in [6.45, 7) is 3.48. The summed E-state index contributed by atoms with van der Waals surface area (Å²) < 4.78 is 20.5. The van der Waals surface area contributed by atoms with Crippen LogP contribution in [-0.4, -0.2) is 30.0 Å². The molecule has 0 spiro atoms. The van der Waals surface area contributed by atoms with Crippen LogP contribution in [-0.2, 0) is 28.1 Å². The number of hydrogen-bond acceptors (Lipinski definition) is 4. The number of hydrogen-bond donors (Lipinski definition) is 1. The molecule has 3 aromatic carbocycles. The number of halogens is 1. The van der Waals surface area contributed by atoms with E-state index in [-0.39, 0.29) is 11.7 Å². The van der Waals surface area contributed by atoms with Gasteiger partial charge in [0.15, 0.2) is 0 Å². The highest BCUT2D eigenvalue weighted by molar-refractivity contribution is 7.19. The molecule has 38 heavy (non-hydrogen) atoms. The first kappa shape index (κ1) is 25.9. The first-order valence-electron chi connectivity index (χ1n) is 13.0. The highest BCUT2D eigenvalue weighted by atomic mass is 32.1. The van der Waals surface area contributed by atoms with E-state index in [0.29, 0.717) is 45.3 Å². The smallest absolute Gasteiger partial charge is 0.408 e. The fourth-order valence-corrected chi connectivity index (χ4v) is 6.28. The topological polar surface area (TPSA) is 58.6 Å². The molecule has 0 atom stereocenters. The lowest BCUT2D eigenvalue weighted by molar-refractivity contribution is -0.135. The summed E-state index contributed by atoms with van der Waals surface area (Å²) in [6.07, 6.45) is 1.51. The Hall–Kier alpha value is -3.71. The normalized spacial score (nSPS) is 14.8. The molecule has 0 bridgehead atoms. The van der Waals surface area contributed by atoms with Gasteiger partial charge >= 0.3 is 6.09 Å². The van der Waals surface area contributed by atoms with Crippen molar-refractivity contribution < 1.29 is 18.7 Å². The molecule has 5 rings (SSSR count). The number of aryl methyl sites for hydroxylation is 2. The fraction of sp³-hybridized carbons (Fsp3) is 0.290. The number of rotatable bonds is 7. The van der Waals surface area contributed by atoms with E-state index in [1.54, 1.807) is 23.5 Å². The number of nitrogens with one attached hydrogen (secondary N) is 1. The SMILES string of the molecule is Cc1c(CNC(=O)OC2(c3ccccc3)CCN(C(=O)CCc3ccc(F)cc3)CC2)sc2ccccc12. The minimum absolute atomic E-state index is 0.0562. The summed E-state index contributed by atoms with van der Waals surface area (Å²) in [4.78, 5) is 28.9. The Morgan fingerprint density at radius 1 is 0.974 bits per heavy atom. The first-order chi connectivity index (χ1) is 18.4. The molecule has 0 aliphatic carbocycles. The third-order valence-corrected chi connectivity index (χ3v) is 8.66. The van der Waals surface area contributed by atoms with Gasteiger partial charge in [0.1, 0.15) is 11.4 Å². The van der Waals surface area contributed by atoms with E-state index in [2.05, 4.69) is 24.4 Å². The second-order valence-corrected chi connectivity index (χ2v) is 10.9. The third kappa shape index (κ3) is 5.73. The zero-order valence-electron chi connectivity index (χ0n) is 21.4. The summed E-state index contributed by atoms with van der Waals surface area (Å²) in [6, 6.07) is 24.3. The van der Waals surface area contributed by atoms with E-state index in [1.807, 2.05) is 47.4 Å². The standard InChI is InChI=1S/C31H31FN2O3S/c1-22-26-9-5-6-10-27(26)38-28(22)21-33-30(36)37-31(24-7-3-2-4-8-24)17-19-34(20-18-31)29(35)16-13-23-11-14-25(32)15-12-23/h2-12,14-15H,13,16-21H2,1H3,(H,33,36). The number of ether oxygens (including phenoxy) is 1. The number of alkyl carbamates (subject to hydrolysis) is 1. The number of carbonyl (C=O) groups excluding carboxylic acids is 2. The summed E-state index contributed by atoms with van der Waals surface area (Å²) in [5.41, 5.74) is 2.25. The maximum Gasteiger partial charge on any atom is 0.408 e. The first-order valence-corrected chi connectivity index (χ1v) is 13.8. The Kier molecular flexibility index (Phi) is 7.74. The molecule has 1 N–H and O–H groups in total. The van der Waals surface area contributed by atoms with E-state index < -0.39 is 11.7 Å². The van der Waals surface area contributed by atoms with Crippen molar-refractivity contribution in [2.45, 2.75) is 44.8 Å². The van der Waals surface area contributed by atoms with E-state index in [4.69, 9.17) is 4.74 Å². The predicted octanol–water partition coefficient (Wildman–Crippen LogP) is 6.73. The van der Waals surface area contributed by atoms with Crippen molar-refractivity contribution >= 4 is 33.4 Å². The molecule has 4 aromatic rings. The molecule has 0 unspecified atom stereocenters. The van der Waals surface area contributed by atoms with Gasteiger partial charge in [0.25, 0.3) is 0 Å². The van der Waals surface area contributed by atoms with Gasteiger partial charge in [0.2, 0.25) is 5.91 Å². The maximum atomic E-state index is 13.2. The van der Waals surface area contributed by atoms with Crippen LogP contribution in [0.1, 0.15) is 40.8 Å². The van der Waals surface area contributed by atoms with Gasteiger partial charge in [-0.25, -0.2) is 9.18 Å². The van der Waals surface area contributed by atoms with Gasteiger partial charge in [-0.1, -0.05) is 60.7 Å². The van der Waals surface area contributed by atoms with Gasteiger partial charge in [0.05, 0.1) is 6.54 Å². The Labute approximate surface area is 226 Å². The Balaban J connectivity index is 1.22. The average molecular weight is 531 g/mol. The van der Waals surface area contributed by atoms with Crippen LogP contribution in [0.5, 0.6) is 0 Å². The Bertz CT molecular complexity index is 1410. The predicted molar refractivity (Wildman–Crippen MR) is 149 cm³/mol. The second-order valence-electron chi connectivity index (χ2n) is 9.76. The molecule has 1 saturated heterocycles. The average Bonchev–Trinajstić information content (AvgIpc) is 3.27. The van der Waals surface area contributed by atoms with Gasteiger partial charge in [-0.15, -0.1) is 11.3 Å². The molecular weight excluding hydrogens is 499 g/mol. The Morgan fingerprint density at radius 2 is 1.66 bits per heavy atom. The largest absolute Gasteiger partial charge is 0.438 e. The van der Waals surface area contributed by atoms with Crippen LogP contribution in [0.2, 0.25) is 0 Å². The molecule has 1 aromatic heterocycles. The van der Waals surface area contributed by atoms with E-state index in [9.17, 15) is 14.0 Å². The lowest BCUT2D eigenvalue weighted by atomic mass is 9.84. The molecule has 2 amide bonds. The van der Waals surface area contributed by atoms with Crippen molar-refractivity contribution in [3.05, 3.63) is 106 Å². The summed E-state index contributed by atoms with van der Waals surface area (Å²) in [5.74, 6) is -0.225. The molecule has 2 heterocycles. The van der Waals surface area contributed by atoms with Crippen LogP contribution in [0.4, 0.5) is 9.18 Å². The van der Waals surface area contributed by atoms with Gasteiger partial charge in [-0.2, -0.15) is 0 Å². The summed E-state index contributed by atoms with van der Waals surface area (Å²) in [5, 5.41) is 4.17. The van der Waals surface area contributed by atoms with Gasteiger partial charge in [-0.05, 0) is 53.6 Å². The third-order valence-electron chi connectivity index (χ3n) is 7.39. The van der Waals surface area contributed by atoms with Crippen molar-refractivity contribution in [3.8, 4) is 0 Å². The maximum absolute atomic E-state index is 13.2. The van der Waals surface area contributed by atoms with Crippen LogP contribution < -0.4 is 5.32 Å². The molecule has 196 valence electrons. The second kappa shape index (κ2) is 11.4. The van der Waals surface area contributed by atoms with Crippen molar-refractivity contribution in [2.24, 2.45) is 0 Å². The molecule has 0 radical (unpaired) electrons. The monoisotopic (exact) mass is 530 g/mol. The van der Waals surface area contributed by atoms with Crippen LogP contribution >= 0.6 is 11.3 Å². The lowest BCUT2D eigenvalue weighted by Crippen LogP contribution is -2.48. The van der Waals surface area contributed by atoms with E-state index in [0.717, 1.165) is 16.0 Å². The molecule has 0 saturated carbocycles. The van der Waals surface area contributed by atoms with Crippen molar-refractivity contribution in [1.82, 2.24) is 10.2 Å². The minimum Gasteiger partial charge on any atom is -0.438 e. The van der Waals surface area contributed by atoms with Crippen LogP contribution in [0, 0.1) is 12.7 Å². The van der Waals surface area contributed by atoms with Crippen LogP contribution in [0.25, 0.3) is 10.1 Å². The van der Waals surface area contributed by atoms with E-state index in [1.165, 1.54) is 27.8 Å². The zero-order valence-corrected chi connectivity index (χ0v) is 22.2. The number of fused-ring (bicyclic) bond motifs is 1. The number of nitrogens with zero attached hydrogens (tertiary/aromatic N) is 1. The van der Waals surface area contributed by atoms with E-state index >= 15 is 0 Å². The van der Waals surface area contributed by atoms with Crippen molar-refractivity contribution in [3.63, 3.8) is 0 Å². The van der Waals surface area contributed by atoms with Gasteiger partial charge in [0, 0.05) is 41.9 Å². The van der Waals surface area contributed by atoms with Crippen molar-refractivity contribution in [2.75, 3.05) is 13.1 Å². The van der Waals surface area contributed by atoms with Crippen LogP contribution in [0.3, 0.4) is 0 Å². The Morgan fingerprint density at radius 3 is 2.37 bits per heavy atom. The van der Waals surface area contributed by atoms with Gasteiger partial charge in [-0.3, -0.25) is 4.79 Å². The number of carbonyl (C=O) groups is 2. The number of benzene rings is 3. The number of amides is 2. The number of piperidine rings is 1. The highest BCUT2D eigenvalue weighted by Crippen LogP contribution is 2.37. The van der Waals surface area contributed by atoms with Crippen molar-refractivity contribution in [1.29, 1.82) is 0 Å².